The molecule has 0 aromatic rings. The van der Waals surface area contributed by atoms with Crippen molar-refractivity contribution < 1.29 is 19.1 Å². The molecular formula is C11H19NO4. The van der Waals surface area contributed by atoms with Crippen molar-refractivity contribution in [1.29, 1.82) is 0 Å². The molecule has 0 saturated carbocycles. The van der Waals surface area contributed by atoms with Crippen LogP contribution in [-0.4, -0.2) is 30.7 Å². The molecule has 0 fully saturated rings. The van der Waals surface area contributed by atoms with E-state index in [1.807, 2.05) is 0 Å². The Morgan fingerprint density at radius 3 is 2.44 bits per heavy atom. The van der Waals surface area contributed by atoms with Crippen LogP contribution < -0.4 is 5.32 Å². The fraction of sp³-hybridized carbons (Fsp3) is 0.636. The predicted molar refractivity (Wildman–Crippen MR) is 59.6 cm³/mol. The predicted octanol–water partition coefficient (Wildman–Crippen LogP) is 0.994. The molecule has 0 spiro atoms. The van der Waals surface area contributed by atoms with Gasteiger partial charge in [-0.2, -0.15) is 0 Å². The van der Waals surface area contributed by atoms with Gasteiger partial charge in [0.1, 0.15) is 12.1 Å². The molecule has 0 unspecified atom stereocenters. The molecule has 5 nitrogen and oxygen atoms in total. The van der Waals surface area contributed by atoms with Crippen molar-refractivity contribution in [3.63, 3.8) is 0 Å². The second-order valence-electron chi connectivity index (χ2n) is 4.05. The number of carbonyl (C=O) groups is 2. The molecular weight excluding hydrogens is 210 g/mol. The summed E-state index contributed by atoms with van der Waals surface area (Å²) >= 11 is 0. The standard InChI is InChI=1S/C11H19NO4/c1-5-15-10(14)8-12-7-6-9(13)16-11(2,3)4/h6-7,12H,5,8H2,1-4H3. The van der Waals surface area contributed by atoms with Gasteiger partial charge in [0.05, 0.1) is 6.61 Å². The lowest BCUT2D eigenvalue weighted by Crippen LogP contribution is -2.24. The molecule has 0 aromatic heterocycles. The molecule has 16 heavy (non-hydrogen) atoms. The molecule has 0 aliphatic rings. The number of ether oxygens (including phenoxy) is 2. The molecule has 0 aliphatic carbocycles. The monoisotopic (exact) mass is 229 g/mol. The zero-order valence-electron chi connectivity index (χ0n) is 10.2. The minimum absolute atomic E-state index is 0.0349. The van der Waals surface area contributed by atoms with Crippen molar-refractivity contribution in [1.82, 2.24) is 5.32 Å². The Hall–Kier alpha value is -1.52. The Bertz CT molecular complexity index is 266. The molecule has 0 aromatic carbocycles. The zero-order chi connectivity index (χ0) is 12.6. The van der Waals surface area contributed by atoms with Gasteiger partial charge in [-0.25, -0.2) is 4.79 Å². The number of nitrogens with one attached hydrogen (secondary N) is 1. The average molecular weight is 229 g/mol. The van der Waals surface area contributed by atoms with Crippen LogP contribution in [0.3, 0.4) is 0 Å². The lowest BCUT2D eigenvalue weighted by molar-refractivity contribution is -0.148. The Morgan fingerprint density at radius 2 is 1.94 bits per heavy atom. The van der Waals surface area contributed by atoms with E-state index < -0.39 is 11.6 Å². The van der Waals surface area contributed by atoms with E-state index in [-0.39, 0.29) is 12.5 Å². The van der Waals surface area contributed by atoms with E-state index in [2.05, 4.69) is 10.1 Å². The van der Waals surface area contributed by atoms with Crippen LogP contribution in [0.5, 0.6) is 0 Å². The molecule has 0 aliphatic heterocycles. The van der Waals surface area contributed by atoms with Gasteiger partial charge in [0.25, 0.3) is 0 Å². The van der Waals surface area contributed by atoms with E-state index in [1.165, 1.54) is 12.3 Å². The van der Waals surface area contributed by atoms with Gasteiger partial charge >= 0.3 is 11.9 Å². The fourth-order valence-electron chi connectivity index (χ4n) is 0.817. The molecule has 0 saturated heterocycles. The molecule has 5 heteroatoms. The minimum Gasteiger partial charge on any atom is -0.465 e. The molecule has 0 heterocycles. The summed E-state index contributed by atoms with van der Waals surface area (Å²) in [6.07, 6.45) is 2.59. The summed E-state index contributed by atoms with van der Waals surface area (Å²) in [5, 5.41) is 2.63. The summed E-state index contributed by atoms with van der Waals surface area (Å²) < 4.78 is 9.69. The van der Waals surface area contributed by atoms with Gasteiger partial charge in [-0.15, -0.1) is 0 Å². The summed E-state index contributed by atoms with van der Waals surface area (Å²) in [6.45, 7) is 7.46. The summed E-state index contributed by atoms with van der Waals surface area (Å²) in [5.74, 6) is -0.819. The highest BCUT2D eigenvalue weighted by molar-refractivity contribution is 5.82. The number of rotatable bonds is 5. The van der Waals surface area contributed by atoms with E-state index in [9.17, 15) is 9.59 Å². The van der Waals surface area contributed by atoms with Crippen LogP contribution in [0.2, 0.25) is 0 Å². The third-order valence-corrected chi connectivity index (χ3v) is 1.30. The van der Waals surface area contributed by atoms with Crippen molar-refractivity contribution in [2.75, 3.05) is 13.2 Å². The highest BCUT2D eigenvalue weighted by Gasteiger charge is 2.13. The van der Waals surface area contributed by atoms with Gasteiger partial charge < -0.3 is 14.8 Å². The Kier molecular flexibility index (Phi) is 6.22. The second kappa shape index (κ2) is 6.87. The fourth-order valence-corrected chi connectivity index (χ4v) is 0.817. The highest BCUT2D eigenvalue weighted by atomic mass is 16.6. The zero-order valence-corrected chi connectivity index (χ0v) is 10.2. The van der Waals surface area contributed by atoms with Crippen LogP contribution in [0.1, 0.15) is 27.7 Å². The van der Waals surface area contributed by atoms with Gasteiger partial charge in [0, 0.05) is 12.3 Å². The van der Waals surface area contributed by atoms with Gasteiger partial charge in [-0.05, 0) is 27.7 Å². The molecule has 92 valence electrons. The quantitative estimate of drug-likeness (QED) is 0.562. The Morgan fingerprint density at radius 1 is 1.31 bits per heavy atom. The topological polar surface area (TPSA) is 64.6 Å². The summed E-state index contributed by atoms with van der Waals surface area (Å²) in [5.41, 5.74) is -0.511. The molecule has 0 rings (SSSR count). The van der Waals surface area contributed by atoms with Gasteiger partial charge in [-0.3, -0.25) is 4.79 Å². The van der Waals surface area contributed by atoms with Crippen molar-refractivity contribution >= 4 is 11.9 Å². The van der Waals surface area contributed by atoms with Crippen molar-refractivity contribution in [2.24, 2.45) is 0 Å². The Labute approximate surface area is 95.8 Å². The molecule has 1 N–H and O–H groups in total. The number of carbonyl (C=O) groups excluding carboxylic acids is 2. The third kappa shape index (κ3) is 9.05. The third-order valence-electron chi connectivity index (χ3n) is 1.30. The second-order valence-corrected chi connectivity index (χ2v) is 4.05. The van der Waals surface area contributed by atoms with Crippen molar-refractivity contribution in [3.8, 4) is 0 Å². The van der Waals surface area contributed by atoms with Crippen LogP contribution in [0.4, 0.5) is 0 Å². The van der Waals surface area contributed by atoms with E-state index in [0.29, 0.717) is 6.61 Å². The van der Waals surface area contributed by atoms with E-state index in [1.54, 1.807) is 27.7 Å². The average Bonchev–Trinajstić information content (AvgIpc) is 2.10. The van der Waals surface area contributed by atoms with Crippen LogP contribution in [0.25, 0.3) is 0 Å². The first kappa shape index (κ1) is 14.5. The smallest absolute Gasteiger partial charge is 0.332 e. The highest BCUT2D eigenvalue weighted by Crippen LogP contribution is 2.06. The number of hydrogen-bond acceptors (Lipinski definition) is 5. The number of esters is 2. The maximum atomic E-state index is 11.2. The number of hydrogen-bond donors (Lipinski definition) is 1. The van der Waals surface area contributed by atoms with Crippen molar-refractivity contribution in [3.05, 3.63) is 12.3 Å². The minimum atomic E-state index is -0.511. The largest absolute Gasteiger partial charge is 0.465 e. The van der Waals surface area contributed by atoms with Crippen LogP contribution in [-0.2, 0) is 19.1 Å². The summed E-state index contributed by atoms with van der Waals surface area (Å²) in [7, 11) is 0. The van der Waals surface area contributed by atoms with Crippen LogP contribution in [0, 0.1) is 0 Å². The lowest BCUT2D eigenvalue weighted by atomic mass is 10.2. The van der Waals surface area contributed by atoms with Crippen LogP contribution in [0.15, 0.2) is 12.3 Å². The van der Waals surface area contributed by atoms with E-state index >= 15 is 0 Å². The normalized spacial score (nSPS) is 11.2. The maximum Gasteiger partial charge on any atom is 0.332 e. The van der Waals surface area contributed by atoms with Gasteiger partial charge in [0.15, 0.2) is 0 Å². The van der Waals surface area contributed by atoms with E-state index in [0.717, 1.165) is 0 Å². The lowest BCUT2D eigenvalue weighted by Gasteiger charge is -2.17. The molecule has 0 atom stereocenters. The Balaban J connectivity index is 3.76. The van der Waals surface area contributed by atoms with Gasteiger partial charge in [-0.1, -0.05) is 0 Å². The van der Waals surface area contributed by atoms with Crippen LogP contribution >= 0.6 is 0 Å². The molecule has 0 radical (unpaired) electrons. The first-order chi connectivity index (χ1) is 7.35. The first-order valence-corrected chi connectivity index (χ1v) is 5.13. The maximum absolute atomic E-state index is 11.2. The summed E-state index contributed by atoms with van der Waals surface area (Å²) in [6, 6.07) is 0. The SMILES string of the molecule is CCOC(=O)CNC=CC(=O)OC(C)(C)C. The molecule has 0 amide bonds. The van der Waals surface area contributed by atoms with E-state index in [4.69, 9.17) is 4.74 Å². The molecule has 0 bridgehead atoms. The van der Waals surface area contributed by atoms with Crippen molar-refractivity contribution in [2.45, 2.75) is 33.3 Å². The first-order valence-electron chi connectivity index (χ1n) is 5.13. The summed E-state index contributed by atoms with van der Waals surface area (Å²) in [4.78, 5) is 22.0. The van der Waals surface area contributed by atoms with Gasteiger partial charge in [0.2, 0.25) is 0 Å².